The van der Waals surface area contributed by atoms with Crippen LogP contribution in [0.15, 0.2) is 41.4 Å². The molecule has 1 aromatic rings. The van der Waals surface area contributed by atoms with Gasteiger partial charge in [-0.3, -0.25) is 9.59 Å². The van der Waals surface area contributed by atoms with Crippen LogP contribution in [0.25, 0.3) is 0 Å². The Hall–Kier alpha value is -1.62. The maximum absolute atomic E-state index is 12.0. The molecule has 2 amide bonds. The summed E-state index contributed by atoms with van der Waals surface area (Å²) in [4.78, 5) is 23.3. The highest BCUT2D eigenvalue weighted by atomic mass is 79.9. The van der Waals surface area contributed by atoms with Crippen LogP contribution < -0.4 is 11.1 Å². The number of primary amides is 1. The van der Waals surface area contributed by atoms with Gasteiger partial charge in [-0.15, -0.1) is 6.58 Å². The first-order chi connectivity index (χ1) is 9.04. The van der Waals surface area contributed by atoms with Crippen LogP contribution in [-0.4, -0.2) is 17.9 Å². The molecule has 0 saturated heterocycles. The van der Waals surface area contributed by atoms with Crippen molar-refractivity contribution in [3.63, 3.8) is 0 Å². The second kappa shape index (κ2) is 7.74. The number of allylic oxidation sites excluding steroid dienone is 1. The largest absolute Gasteiger partial charge is 0.368 e. The van der Waals surface area contributed by atoms with Crippen LogP contribution >= 0.6 is 15.9 Å². The van der Waals surface area contributed by atoms with Gasteiger partial charge in [0, 0.05) is 10.0 Å². The molecule has 0 saturated carbocycles. The van der Waals surface area contributed by atoms with E-state index in [1.807, 2.05) is 6.07 Å². The van der Waals surface area contributed by atoms with E-state index in [2.05, 4.69) is 27.8 Å². The molecule has 1 rings (SSSR count). The number of carbonyl (C=O) groups is 2. The molecule has 0 fully saturated rings. The van der Waals surface area contributed by atoms with Crippen molar-refractivity contribution in [3.8, 4) is 0 Å². The van der Waals surface area contributed by atoms with Crippen LogP contribution in [-0.2, 0) is 4.79 Å². The fraction of sp³-hybridized carbons (Fsp3) is 0.286. The van der Waals surface area contributed by atoms with Gasteiger partial charge in [-0.1, -0.05) is 28.1 Å². The summed E-state index contributed by atoms with van der Waals surface area (Å²) in [6.07, 6.45) is 3.84. The van der Waals surface area contributed by atoms with Gasteiger partial charge in [0.25, 0.3) is 5.91 Å². The van der Waals surface area contributed by atoms with E-state index in [1.165, 1.54) is 0 Å². The van der Waals surface area contributed by atoms with E-state index in [4.69, 9.17) is 5.73 Å². The third-order valence-electron chi connectivity index (χ3n) is 2.64. The van der Waals surface area contributed by atoms with Crippen molar-refractivity contribution in [2.45, 2.75) is 25.3 Å². The van der Waals surface area contributed by atoms with Gasteiger partial charge in [-0.2, -0.15) is 0 Å². The molecule has 0 spiro atoms. The Bertz CT molecular complexity index is 474. The van der Waals surface area contributed by atoms with E-state index in [-0.39, 0.29) is 5.91 Å². The van der Waals surface area contributed by atoms with Crippen LogP contribution in [0.4, 0.5) is 0 Å². The zero-order valence-corrected chi connectivity index (χ0v) is 12.2. The van der Waals surface area contributed by atoms with Crippen LogP contribution in [0.2, 0.25) is 0 Å². The summed E-state index contributed by atoms with van der Waals surface area (Å²) in [5.41, 5.74) is 5.78. The molecule has 5 heteroatoms. The molecule has 0 unspecified atom stereocenters. The lowest BCUT2D eigenvalue weighted by Gasteiger charge is -2.15. The molecule has 19 heavy (non-hydrogen) atoms. The minimum Gasteiger partial charge on any atom is -0.368 e. The average Bonchev–Trinajstić information content (AvgIpc) is 2.37. The van der Waals surface area contributed by atoms with Crippen molar-refractivity contribution < 1.29 is 9.59 Å². The van der Waals surface area contributed by atoms with Gasteiger partial charge >= 0.3 is 0 Å². The van der Waals surface area contributed by atoms with E-state index in [0.717, 1.165) is 17.3 Å². The number of halogens is 1. The Morgan fingerprint density at radius 2 is 2.21 bits per heavy atom. The summed E-state index contributed by atoms with van der Waals surface area (Å²) in [5, 5.41) is 2.65. The zero-order valence-electron chi connectivity index (χ0n) is 10.6. The van der Waals surface area contributed by atoms with Crippen LogP contribution in [0.5, 0.6) is 0 Å². The summed E-state index contributed by atoms with van der Waals surface area (Å²) in [5.74, 6) is -0.823. The number of nitrogens with two attached hydrogens (primary N) is 1. The Morgan fingerprint density at radius 1 is 1.47 bits per heavy atom. The van der Waals surface area contributed by atoms with Crippen molar-refractivity contribution in [2.75, 3.05) is 0 Å². The molecule has 0 aliphatic heterocycles. The third kappa shape index (κ3) is 5.26. The molecule has 3 N–H and O–H groups in total. The summed E-state index contributed by atoms with van der Waals surface area (Å²) >= 11 is 3.29. The van der Waals surface area contributed by atoms with E-state index < -0.39 is 11.9 Å². The Labute approximate surface area is 121 Å². The van der Waals surface area contributed by atoms with E-state index in [0.29, 0.717) is 12.0 Å². The molecule has 0 radical (unpaired) electrons. The quantitative estimate of drug-likeness (QED) is 0.597. The Morgan fingerprint density at radius 3 is 2.79 bits per heavy atom. The average molecular weight is 325 g/mol. The number of amides is 2. The highest BCUT2D eigenvalue weighted by molar-refractivity contribution is 9.10. The molecule has 102 valence electrons. The van der Waals surface area contributed by atoms with Gasteiger partial charge in [0.1, 0.15) is 6.04 Å². The fourth-order valence-corrected chi connectivity index (χ4v) is 2.02. The second-order valence-electron chi connectivity index (χ2n) is 4.16. The molecular formula is C14H17BrN2O2. The van der Waals surface area contributed by atoms with E-state index in [9.17, 15) is 9.59 Å². The molecule has 1 atom stereocenters. The molecule has 0 aliphatic carbocycles. The molecule has 0 bridgehead atoms. The van der Waals surface area contributed by atoms with Gasteiger partial charge in [0.2, 0.25) is 5.91 Å². The topological polar surface area (TPSA) is 72.2 Å². The van der Waals surface area contributed by atoms with Gasteiger partial charge in [-0.25, -0.2) is 0 Å². The fourth-order valence-electron chi connectivity index (χ4n) is 1.62. The molecule has 0 aliphatic rings. The first-order valence-corrected chi connectivity index (χ1v) is 6.80. The van der Waals surface area contributed by atoms with Crippen LogP contribution in [0.1, 0.15) is 29.6 Å². The van der Waals surface area contributed by atoms with Gasteiger partial charge in [0.05, 0.1) is 0 Å². The highest BCUT2D eigenvalue weighted by Crippen LogP contribution is 2.12. The smallest absolute Gasteiger partial charge is 0.251 e. The van der Waals surface area contributed by atoms with Crippen molar-refractivity contribution in [3.05, 3.63) is 47.0 Å². The van der Waals surface area contributed by atoms with Gasteiger partial charge in [0.15, 0.2) is 0 Å². The first-order valence-electron chi connectivity index (χ1n) is 6.01. The third-order valence-corrected chi connectivity index (χ3v) is 3.13. The minimum absolute atomic E-state index is 0.302. The lowest BCUT2D eigenvalue weighted by Crippen LogP contribution is -2.44. The zero-order chi connectivity index (χ0) is 14.3. The Balaban J connectivity index is 2.65. The van der Waals surface area contributed by atoms with E-state index >= 15 is 0 Å². The number of carbonyl (C=O) groups excluding carboxylic acids is 2. The Kier molecular flexibility index (Phi) is 6.29. The number of hydrogen-bond acceptors (Lipinski definition) is 2. The minimum atomic E-state index is -0.647. The standard InChI is InChI=1S/C14H17BrN2O2/c1-2-3-4-8-12(13(16)18)17-14(19)10-6-5-7-11(15)9-10/h2,5-7,9,12H,1,3-4,8H2,(H2,16,18)(H,17,19)/t12-/m1/s1. The number of hydrogen-bond donors (Lipinski definition) is 2. The number of unbranched alkanes of at least 4 members (excludes halogenated alkanes) is 1. The van der Waals surface area contributed by atoms with E-state index in [1.54, 1.807) is 24.3 Å². The van der Waals surface area contributed by atoms with Crippen molar-refractivity contribution >= 4 is 27.7 Å². The number of benzene rings is 1. The van der Waals surface area contributed by atoms with Crippen LogP contribution in [0, 0.1) is 0 Å². The summed E-state index contributed by atoms with van der Waals surface area (Å²) < 4.78 is 0.808. The summed E-state index contributed by atoms with van der Waals surface area (Å²) in [6, 6.07) is 6.31. The predicted octanol–water partition coefficient (Wildman–Crippen LogP) is 2.39. The highest BCUT2D eigenvalue weighted by Gasteiger charge is 2.18. The van der Waals surface area contributed by atoms with Crippen molar-refractivity contribution in [1.82, 2.24) is 5.32 Å². The number of nitrogens with one attached hydrogen (secondary N) is 1. The SMILES string of the molecule is C=CCCC[C@@H](NC(=O)c1cccc(Br)c1)C(N)=O. The molecular weight excluding hydrogens is 308 g/mol. The first kappa shape index (κ1) is 15.4. The number of rotatable bonds is 7. The van der Waals surface area contributed by atoms with Crippen LogP contribution in [0.3, 0.4) is 0 Å². The predicted molar refractivity (Wildman–Crippen MR) is 78.6 cm³/mol. The van der Waals surface area contributed by atoms with Crippen molar-refractivity contribution in [2.24, 2.45) is 5.73 Å². The molecule has 1 aromatic carbocycles. The lowest BCUT2D eigenvalue weighted by atomic mass is 10.1. The lowest BCUT2D eigenvalue weighted by molar-refractivity contribution is -0.120. The normalized spacial score (nSPS) is 11.6. The monoisotopic (exact) mass is 324 g/mol. The van der Waals surface area contributed by atoms with Gasteiger partial charge < -0.3 is 11.1 Å². The summed E-state index contributed by atoms with van der Waals surface area (Å²) in [7, 11) is 0. The molecule has 0 heterocycles. The second-order valence-corrected chi connectivity index (χ2v) is 5.07. The maximum Gasteiger partial charge on any atom is 0.251 e. The maximum atomic E-state index is 12.0. The summed E-state index contributed by atoms with van der Waals surface area (Å²) in [6.45, 7) is 3.61. The van der Waals surface area contributed by atoms with Gasteiger partial charge in [-0.05, 0) is 37.5 Å². The molecule has 0 aromatic heterocycles. The van der Waals surface area contributed by atoms with Crippen molar-refractivity contribution in [1.29, 1.82) is 0 Å². The molecule has 4 nitrogen and oxygen atoms in total.